The van der Waals surface area contributed by atoms with Gasteiger partial charge in [0.2, 0.25) is 0 Å². The Kier molecular flexibility index (Phi) is 4.30. The van der Waals surface area contributed by atoms with E-state index in [-0.39, 0.29) is 18.5 Å². The van der Waals surface area contributed by atoms with E-state index in [9.17, 15) is 4.79 Å². The van der Waals surface area contributed by atoms with Crippen molar-refractivity contribution in [3.8, 4) is 0 Å². The van der Waals surface area contributed by atoms with Crippen LogP contribution in [0.15, 0.2) is 71.8 Å². The Morgan fingerprint density at radius 2 is 1.77 bits per heavy atom. The van der Waals surface area contributed by atoms with Gasteiger partial charge in [-0.05, 0) is 39.9 Å². The monoisotopic (exact) mass is 342 g/mol. The number of amides is 1. The fourth-order valence-electron chi connectivity index (χ4n) is 3.69. The van der Waals surface area contributed by atoms with Crippen LogP contribution in [0.5, 0.6) is 0 Å². The van der Waals surface area contributed by atoms with E-state index in [1.54, 1.807) is 0 Å². The van der Waals surface area contributed by atoms with Gasteiger partial charge in [0.1, 0.15) is 0 Å². The second kappa shape index (κ2) is 6.90. The second-order valence-electron chi connectivity index (χ2n) is 6.50. The quantitative estimate of drug-likeness (QED) is 0.386. The van der Waals surface area contributed by atoms with Gasteiger partial charge in [-0.15, -0.1) is 0 Å². The normalized spacial score (nSPS) is 16.0. The molecule has 1 aliphatic heterocycles. The molecule has 1 amide bonds. The highest BCUT2D eigenvalue weighted by Gasteiger charge is 2.30. The van der Waals surface area contributed by atoms with E-state index in [0.717, 1.165) is 16.3 Å². The summed E-state index contributed by atoms with van der Waals surface area (Å²) in [5, 5.41) is 5.73. The van der Waals surface area contributed by atoms with Crippen LogP contribution >= 0.6 is 0 Å². The van der Waals surface area contributed by atoms with Crippen LogP contribution in [0.4, 0.5) is 0 Å². The van der Waals surface area contributed by atoms with Crippen molar-refractivity contribution in [3.05, 3.63) is 93.9 Å². The Morgan fingerprint density at radius 1 is 1.04 bits per heavy atom. The number of carbonyl (C=O) groups excluding carboxylic acids is 1. The minimum Gasteiger partial charge on any atom is -0.331 e. The minimum absolute atomic E-state index is 0.0190. The Hall–Kier alpha value is -3.30. The van der Waals surface area contributed by atoms with Gasteiger partial charge in [-0.25, -0.2) is 0 Å². The van der Waals surface area contributed by atoms with E-state index < -0.39 is 0 Å². The molecule has 5 heteroatoms. The van der Waals surface area contributed by atoms with Crippen LogP contribution in [0.3, 0.4) is 0 Å². The van der Waals surface area contributed by atoms with Crippen molar-refractivity contribution in [2.75, 3.05) is 6.54 Å². The van der Waals surface area contributed by atoms with E-state index in [0.29, 0.717) is 18.5 Å². The molecule has 128 valence electrons. The molecular formula is C21H18N4O. The van der Waals surface area contributed by atoms with Gasteiger partial charge in [-0.1, -0.05) is 65.8 Å². The molecule has 0 bridgehead atoms. The van der Waals surface area contributed by atoms with Gasteiger partial charge < -0.3 is 4.90 Å². The first kappa shape index (κ1) is 16.2. The molecule has 0 unspecified atom stereocenters. The zero-order valence-electron chi connectivity index (χ0n) is 14.2. The van der Waals surface area contributed by atoms with Crippen molar-refractivity contribution in [3.63, 3.8) is 0 Å². The van der Waals surface area contributed by atoms with E-state index in [4.69, 9.17) is 5.53 Å². The number of azide groups is 1. The van der Waals surface area contributed by atoms with E-state index in [1.165, 1.54) is 5.56 Å². The molecular weight excluding hydrogens is 324 g/mol. The molecule has 3 aromatic carbocycles. The van der Waals surface area contributed by atoms with Gasteiger partial charge in [-0.3, -0.25) is 4.79 Å². The van der Waals surface area contributed by atoms with Crippen LogP contribution in [-0.2, 0) is 13.0 Å². The van der Waals surface area contributed by atoms with E-state index in [1.807, 2.05) is 59.5 Å². The molecule has 0 saturated heterocycles. The summed E-state index contributed by atoms with van der Waals surface area (Å²) in [6, 6.07) is 21.7. The standard InChI is InChI=1S/C21H18N4O/c22-24-23-13-18-12-16-7-1-2-8-17(16)14-25(18)21(26)20-11-5-9-15-6-3-4-10-19(15)20/h1-11,18H,12-14H2/t18-/m0/s1. The molecule has 0 fully saturated rings. The van der Waals surface area contributed by atoms with Gasteiger partial charge >= 0.3 is 0 Å². The van der Waals surface area contributed by atoms with Crippen LogP contribution in [0, 0.1) is 0 Å². The molecule has 0 spiro atoms. The summed E-state index contributed by atoms with van der Waals surface area (Å²) < 4.78 is 0. The first-order chi connectivity index (χ1) is 12.8. The Labute approximate surface area is 151 Å². The highest BCUT2D eigenvalue weighted by atomic mass is 16.2. The number of fused-ring (bicyclic) bond motifs is 2. The van der Waals surface area contributed by atoms with Gasteiger partial charge in [0.05, 0.1) is 0 Å². The molecule has 0 N–H and O–H groups in total. The lowest BCUT2D eigenvalue weighted by atomic mass is 9.92. The van der Waals surface area contributed by atoms with Crippen molar-refractivity contribution in [1.82, 2.24) is 4.90 Å². The predicted octanol–water partition coefficient (Wildman–Crippen LogP) is 4.72. The molecule has 1 heterocycles. The second-order valence-corrected chi connectivity index (χ2v) is 6.50. The lowest BCUT2D eigenvalue weighted by molar-refractivity contribution is 0.0650. The predicted molar refractivity (Wildman–Crippen MR) is 102 cm³/mol. The van der Waals surface area contributed by atoms with Crippen molar-refractivity contribution in [1.29, 1.82) is 0 Å². The third-order valence-electron chi connectivity index (χ3n) is 4.99. The average molecular weight is 342 g/mol. The molecule has 1 atom stereocenters. The summed E-state index contributed by atoms with van der Waals surface area (Å²) in [5.41, 5.74) is 11.8. The first-order valence-corrected chi connectivity index (χ1v) is 8.64. The van der Waals surface area contributed by atoms with Crippen molar-refractivity contribution >= 4 is 16.7 Å². The van der Waals surface area contributed by atoms with E-state index >= 15 is 0 Å². The Balaban J connectivity index is 1.75. The Bertz CT molecular complexity index is 1020. The molecule has 3 aromatic rings. The number of hydrogen-bond donors (Lipinski definition) is 0. The highest BCUT2D eigenvalue weighted by Crippen LogP contribution is 2.27. The maximum atomic E-state index is 13.4. The SMILES string of the molecule is [N-]=[N+]=NC[C@@H]1Cc2ccccc2CN1C(=O)c1cccc2ccccc12. The Morgan fingerprint density at radius 3 is 2.62 bits per heavy atom. The van der Waals surface area contributed by atoms with Crippen molar-refractivity contribution in [2.24, 2.45) is 5.11 Å². The van der Waals surface area contributed by atoms with Crippen LogP contribution in [0.1, 0.15) is 21.5 Å². The van der Waals surface area contributed by atoms with Gasteiger partial charge in [0.15, 0.2) is 0 Å². The van der Waals surface area contributed by atoms with Crippen molar-refractivity contribution < 1.29 is 4.79 Å². The maximum absolute atomic E-state index is 13.4. The number of rotatable bonds is 3. The number of hydrogen-bond acceptors (Lipinski definition) is 2. The van der Waals surface area contributed by atoms with Crippen molar-refractivity contribution in [2.45, 2.75) is 19.0 Å². The topological polar surface area (TPSA) is 69.1 Å². The number of benzene rings is 3. The average Bonchev–Trinajstić information content (AvgIpc) is 2.70. The smallest absolute Gasteiger partial charge is 0.255 e. The first-order valence-electron chi connectivity index (χ1n) is 8.64. The van der Waals surface area contributed by atoms with Crippen LogP contribution < -0.4 is 0 Å². The maximum Gasteiger partial charge on any atom is 0.255 e. The van der Waals surface area contributed by atoms with Gasteiger partial charge in [0.25, 0.3) is 5.91 Å². The molecule has 1 aliphatic rings. The molecule has 4 rings (SSSR count). The van der Waals surface area contributed by atoms with Crippen LogP contribution in [-0.4, -0.2) is 23.4 Å². The van der Waals surface area contributed by atoms with Crippen LogP contribution in [0.25, 0.3) is 21.2 Å². The summed E-state index contributed by atoms with van der Waals surface area (Å²) in [5.74, 6) is -0.0190. The fourth-order valence-corrected chi connectivity index (χ4v) is 3.69. The number of carbonyl (C=O) groups is 1. The summed E-state index contributed by atoms with van der Waals surface area (Å²) in [7, 11) is 0. The fraction of sp³-hybridized carbons (Fsp3) is 0.190. The molecule has 0 aromatic heterocycles. The van der Waals surface area contributed by atoms with E-state index in [2.05, 4.69) is 22.2 Å². The lowest BCUT2D eigenvalue weighted by Crippen LogP contribution is -2.46. The zero-order valence-corrected chi connectivity index (χ0v) is 14.2. The lowest BCUT2D eigenvalue weighted by Gasteiger charge is -2.36. The number of nitrogens with zero attached hydrogens (tertiary/aromatic N) is 4. The third-order valence-corrected chi connectivity index (χ3v) is 4.99. The van der Waals surface area contributed by atoms with Gasteiger partial charge in [-0.2, -0.15) is 0 Å². The summed E-state index contributed by atoms with van der Waals surface area (Å²) >= 11 is 0. The molecule has 0 aliphatic carbocycles. The molecule has 0 radical (unpaired) electrons. The zero-order chi connectivity index (χ0) is 17.9. The summed E-state index contributed by atoms with van der Waals surface area (Å²) in [6.45, 7) is 0.811. The van der Waals surface area contributed by atoms with Crippen LogP contribution in [0.2, 0.25) is 0 Å². The largest absolute Gasteiger partial charge is 0.331 e. The summed E-state index contributed by atoms with van der Waals surface area (Å²) in [6.07, 6.45) is 0.700. The highest BCUT2D eigenvalue weighted by molar-refractivity contribution is 6.07. The molecule has 0 saturated carbocycles. The molecule has 5 nitrogen and oxygen atoms in total. The minimum atomic E-state index is -0.132. The third kappa shape index (κ3) is 2.89. The molecule has 26 heavy (non-hydrogen) atoms. The van der Waals surface area contributed by atoms with Gasteiger partial charge in [0, 0.05) is 29.6 Å². The summed E-state index contributed by atoms with van der Waals surface area (Å²) in [4.78, 5) is 18.1.